The van der Waals surface area contributed by atoms with Crippen molar-refractivity contribution in [1.82, 2.24) is 20.3 Å². The number of rotatable bonds is 4. The van der Waals surface area contributed by atoms with Gasteiger partial charge in [-0.2, -0.15) is 13.2 Å². The lowest BCUT2D eigenvalue weighted by Gasteiger charge is -2.20. The van der Waals surface area contributed by atoms with Crippen LogP contribution in [0.2, 0.25) is 0 Å². The largest absolute Gasteiger partial charge is 0.481 e. The van der Waals surface area contributed by atoms with Gasteiger partial charge in [0.15, 0.2) is 0 Å². The predicted octanol–water partition coefficient (Wildman–Crippen LogP) is 2.21. The van der Waals surface area contributed by atoms with Gasteiger partial charge in [0.1, 0.15) is 6.33 Å². The molecule has 0 radical (unpaired) electrons. The fourth-order valence-electron chi connectivity index (χ4n) is 1.98. The van der Waals surface area contributed by atoms with Gasteiger partial charge in [-0.15, -0.1) is 0 Å². The molecule has 5 nitrogen and oxygen atoms in total. The van der Waals surface area contributed by atoms with Crippen LogP contribution in [-0.2, 0) is 6.18 Å². The van der Waals surface area contributed by atoms with E-state index in [1.165, 1.54) is 25.7 Å². The monoisotopic (exact) mass is 298 g/mol. The molecule has 1 unspecified atom stereocenters. The summed E-state index contributed by atoms with van der Waals surface area (Å²) >= 11 is 0. The molecule has 2 aromatic heterocycles. The topological polar surface area (TPSA) is 59.9 Å². The molecule has 112 valence electrons. The van der Waals surface area contributed by atoms with Gasteiger partial charge in [-0.25, -0.2) is 9.97 Å². The third-order valence-corrected chi connectivity index (χ3v) is 2.93. The highest BCUT2D eigenvalue weighted by molar-refractivity contribution is 5.35. The van der Waals surface area contributed by atoms with Crippen molar-refractivity contribution in [3.05, 3.63) is 47.7 Å². The quantitative estimate of drug-likeness (QED) is 0.937. The van der Waals surface area contributed by atoms with E-state index in [-0.39, 0.29) is 11.4 Å². The Morgan fingerprint density at radius 2 is 2.05 bits per heavy atom. The SMILES string of the molecule is CNC(c1cc(OC)ncn1)c1cnccc1C(F)(F)F. The van der Waals surface area contributed by atoms with E-state index in [0.717, 1.165) is 12.3 Å². The standard InChI is InChI=1S/C13H13F3N4O/c1-17-12(10-5-11(21-2)20-7-19-10)8-6-18-4-3-9(8)13(14,15)16/h3-7,12,17H,1-2H3. The van der Waals surface area contributed by atoms with Gasteiger partial charge >= 0.3 is 6.18 Å². The molecule has 2 heterocycles. The van der Waals surface area contributed by atoms with Gasteiger partial charge < -0.3 is 10.1 Å². The molecule has 0 bridgehead atoms. The van der Waals surface area contributed by atoms with Gasteiger partial charge in [0.05, 0.1) is 24.4 Å². The first-order chi connectivity index (χ1) is 9.97. The van der Waals surface area contributed by atoms with Crippen LogP contribution < -0.4 is 10.1 Å². The third kappa shape index (κ3) is 3.27. The highest BCUT2D eigenvalue weighted by Crippen LogP contribution is 2.35. The Labute approximate surface area is 119 Å². The summed E-state index contributed by atoms with van der Waals surface area (Å²) in [7, 11) is 2.97. The number of nitrogens with zero attached hydrogens (tertiary/aromatic N) is 3. The summed E-state index contributed by atoms with van der Waals surface area (Å²) in [5.41, 5.74) is -0.398. The highest BCUT2D eigenvalue weighted by atomic mass is 19.4. The van der Waals surface area contributed by atoms with Gasteiger partial charge in [-0.1, -0.05) is 0 Å². The first-order valence-corrected chi connectivity index (χ1v) is 6.01. The molecule has 1 N–H and O–H groups in total. The number of ether oxygens (including phenoxy) is 1. The van der Waals surface area contributed by atoms with E-state index in [4.69, 9.17) is 4.74 Å². The summed E-state index contributed by atoms with van der Waals surface area (Å²) in [6, 6.07) is 1.65. The molecule has 0 aromatic carbocycles. The number of aromatic nitrogens is 3. The van der Waals surface area contributed by atoms with Crippen LogP contribution in [0.1, 0.15) is 22.9 Å². The summed E-state index contributed by atoms with van der Waals surface area (Å²) in [4.78, 5) is 11.6. The molecule has 0 aliphatic carbocycles. The molecule has 0 saturated heterocycles. The number of hydrogen-bond acceptors (Lipinski definition) is 5. The van der Waals surface area contributed by atoms with Crippen molar-refractivity contribution >= 4 is 0 Å². The van der Waals surface area contributed by atoms with Crippen molar-refractivity contribution in [3.8, 4) is 5.88 Å². The van der Waals surface area contributed by atoms with E-state index in [1.54, 1.807) is 7.05 Å². The molecule has 1 atom stereocenters. The Morgan fingerprint density at radius 1 is 1.29 bits per heavy atom. The van der Waals surface area contributed by atoms with Crippen molar-refractivity contribution in [1.29, 1.82) is 0 Å². The molecule has 2 aromatic rings. The zero-order chi connectivity index (χ0) is 15.5. The summed E-state index contributed by atoms with van der Waals surface area (Å²) in [6.45, 7) is 0. The fraction of sp³-hybridized carbons (Fsp3) is 0.308. The lowest BCUT2D eigenvalue weighted by Crippen LogP contribution is -2.23. The molecule has 0 spiro atoms. The number of nitrogens with one attached hydrogen (secondary N) is 1. The Kier molecular flexibility index (Phi) is 4.37. The normalized spacial score (nSPS) is 13.0. The Morgan fingerprint density at radius 3 is 2.67 bits per heavy atom. The zero-order valence-electron chi connectivity index (χ0n) is 11.3. The molecule has 0 aliphatic heterocycles. The van der Waals surface area contributed by atoms with Crippen LogP contribution in [0, 0.1) is 0 Å². The first-order valence-electron chi connectivity index (χ1n) is 6.01. The van der Waals surface area contributed by atoms with Gasteiger partial charge in [0.25, 0.3) is 0 Å². The average molecular weight is 298 g/mol. The zero-order valence-corrected chi connectivity index (χ0v) is 11.3. The number of alkyl halides is 3. The van der Waals surface area contributed by atoms with Crippen LogP contribution >= 0.6 is 0 Å². The maximum absolute atomic E-state index is 13.1. The Bertz CT molecular complexity index is 618. The highest BCUT2D eigenvalue weighted by Gasteiger charge is 2.35. The minimum atomic E-state index is -4.47. The van der Waals surface area contributed by atoms with Crippen LogP contribution in [0.15, 0.2) is 30.9 Å². The lowest BCUT2D eigenvalue weighted by molar-refractivity contribution is -0.138. The minimum absolute atomic E-state index is 0.00625. The molecule has 2 rings (SSSR count). The summed E-state index contributed by atoms with van der Waals surface area (Å²) in [5, 5.41) is 2.81. The maximum atomic E-state index is 13.1. The van der Waals surface area contributed by atoms with Gasteiger partial charge in [0, 0.05) is 24.0 Å². The van der Waals surface area contributed by atoms with E-state index < -0.39 is 17.8 Å². The van der Waals surface area contributed by atoms with E-state index in [9.17, 15) is 13.2 Å². The van der Waals surface area contributed by atoms with Gasteiger partial charge in [-0.05, 0) is 13.1 Å². The Balaban J connectivity index is 2.51. The fourth-order valence-corrected chi connectivity index (χ4v) is 1.98. The molecule has 0 amide bonds. The summed E-state index contributed by atoms with van der Waals surface area (Å²) in [6.07, 6.45) is -0.940. The first kappa shape index (κ1) is 15.2. The minimum Gasteiger partial charge on any atom is -0.481 e. The smallest absolute Gasteiger partial charge is 0.416 e. The van der Waals surface area contributed by atoms with Crippen molar-refractivity contribution in [2.24, 2.45) is 0 Å². The Hall–Kier alpha value is -2.22. The molecule has 8 heteroatoms. The van der Waals surface area contributed by atoms with Crippen molar-refractivity contribution < 1.29 is 17.9 Å². The second-order valence-corrected chi connectivity index (χ2v) is 4.17. The third-order valence-electron chi connectivity index (χ3n) is 2.93. The summed E-state index contributed by atoms with van der Waals surface area (Å²) in [5.74, 6) is 0.276. The van der Waals surface area contributed by atoms with Crippen LogP contribution in [0.4, 0.5) is 13.2 Å². The van der Waals surface area contributed by atoms with E-state index >= 15 is 0 Å². The van der Waals surface area contributed by atoms with Gasteiger partial charge in [-0.3, -0.25) is 4.98 Å². The molecular formula is C13H13F3N4O. The van der Waals surface area contributed by atoms with E-state index in [0.29, 0.717) is 5.69 Å². The molecule has 0 saturated carbocycles. The number of pyridine rings is 1. The van der Waals surface area contributed by atoms with Crippen LogP contribution in [0.5, 0.6) is 5.88 Å². The number of hydrogen-bond donors (Lipinski definition) is 1. The van der Waals surface area contributed by atoms with Crippen molar-refractivity contribution in [2.45, 2.75) is 12.2 Å². The molecule has 0 aliphatic rings. The summed E-state index contributed by atoms with van der Waals surface area (Å²) < 4.78 is 44.2. The number of methoxy groups -OCH3 is 1. The van der Waals surface area contributed by atoms with Crippen LogP contribution in [0.3, 0.4) is 0 Å². The number of halogens is 3. The average Bonchev–Trinajstić information content (AvgIpc) is 2.48. The predicted molar refractivity (Wildman–Crippen MR) is 68.7 cm³/mol. The molecular weight excluding hydrogens is 285 g/mol. The van der Waals surface area contributed by atoms with E-state index in [2.05, 4.69) is 20.3 Å². The van der Waals surface area contributed by atoms with E-state index in [1.807, 2.05) is 0 Å². The molecule has 0 fully saturated rings. The second-order valence-electron chi connectivity index (χ2n) is 4.17. The van der Waals surface area contributed by atoms with Crippen molar-refractivity contribution in [3.63, 3.8) is 0 Å². The molecule has 21 heavy (non-hydrogen) atoms. The second kappa shape index (κ2) is 6.04. The lowest BCUT2D eigenvalue weighted by atomic mass is 9.99. The van der Waals surface area contributed by atoms with Crippen LogP contribution in [-0.4, -0.2) is 29.1 Å². The van der Waals surface area contributed by atoms with Crippen molar-refractivity contribution in [2.75, 3.05) is 14.2 Å². The maximum Gasteiger partial charge on any atom is 0.416 e. The van der Waals surface area contributed by atoms with Crippen LogP contribution in [0.25, 0.3) is 0 Å². The van der Waals surface area contributed by atoms with Gasteiger partial charge in [0.2, 0.25) is 5.88 Å².